The molecule has 1 atom stereocenters. The number of hydrogen-bond acceptors (Lipinski definition) is 2. The summed E-state index contributed by atoms with van der Waals surface area (Å²) in [6, 6.07) is 10.1. The van der Waals surface area contributed by atoms with E-state index in [0.717, 1.165) is 6.42 Å². The molecule has 0 radical (unpaired) electrons. The van der Waals surface area contributed by atoms with Crippen molar-refractivity contribution >= 4 is 24.9 Å². The van der Waals surface area contributed by atoms with Crippen LogP contribution in [0.2, 0.25) is 0 Å². The Kier molecular flexibility index (Phi) is 27.3. The summed E-state index contributed by atoms with van der Waals surface area (Å²) in [7, 11) is -2.04. The summed E-state index contributed by atoms with van der Waals surface area (Å²) >= 11 is 0. The Hall–Kier alpha value is 0.520. The quantitative estimate of drug-likeness (QED) is 0.219. The van der Waals surface area contributed by atoms with Crippen molar-refractivity contribution in [1.82, 2.24) is 0 Å². The SMILES string of the molecule is O=S(=O)(O)O.Pc1ccccc1.[CH2-]CCCCCCCCCCC.[Na+]. The summed E-state index contributed by atoms with van der Waals surface area (Å²) in [5.74, 6) is 0. The second-order valence-corrected chi connectivity index (χ2v) is 7.10. The van der Waals surface area contributed by atoms with Gasteiger partial charge in [-0.25, -0.2) is 0 Å². The fourth-order valence-corrected chi connectivity index (χ4v) is 2.16. The molecule has 0 fully saturated rings. The minimum absolute atomic E-state index is 0. The Morgan fingerprint density at radius 1 is 0.880 bits per heavy atom. The van der Waals surface area contributed by atoms with Gasteiger partial charge < -0.3 is 6.92 Å². The molecule has 0 amide bonds. The van der Waals surface area contributed by atoms with E-state index >= 15 is 0 Å². The first-order valence-electron chi connectivity index (χ1n) is 8.60. The molecule has 0 aromatic heterocycles. The zero-order chi connectivity index (χ0) is 18.7. The molecule has 0 aliphatic rings. The molecule has 0 saturated carbocycles. The smallest absolute Gasteiger partial charge is 0.343 e. The van der Waals surface area contributed by atoms with E-state index in [1.807, 2.05) is 30.3 Å². The van der Waals surface area contributed by atoms with Crippen LogP contribution in [0.25, 0.3) is 0 Å². The Morgan fingerprint density at radius 3 is 1.52 bits per heavy atom. The summed E-state index contributed by atoms with van der Waals surface area (Å²) in [6.07, 6.45) is 13.9. The van der Waals surface area contributed by atoms with E-state index in [1.165, 1.54) is 63.1 Å². The largest absolute Gasteiger partial charge is 1.00 e. The predicted molar refractivity (Wildman–Crippen MR) is 107 cm³/mol. The van der Waals surface area contributed by atoms with Crippen molar-refractivity contribution in [3.05, 3.63) is 37.3 Å². The van der Waals surface area contributed by atoms with Gasteiger partial charge in [0.1, 0.15) is 0 Å². The molecular weight excluding hydrogens is 366 g/mol. The van der Waals surface area contributed by atoms with Crippen molar-refractivity contribution in [2.24, 2.45) is 0 Å². The monoisotopic (exact) mass is 400 g/mol. The van der Waals surface area contributed by atoms with Crippen LogP contribution < -0.4 is 34.9 Å². The minimum Gasteiger partial charge on any atom is -0.343 e. The number of rotatable bonds is 9. The van der Waals surface area contributed by atoms with Gasteiger partial charge in [0.25, 0.3) is 0 Å². The molecule has 1 unspecified atom stereocenters. The normalized spacial score (nSPS) is 9.80. The van der Waals surface area contributed by atoms with Gasteiger partial charge in [-0.15, -0.1) is 9.24 Å². The van der Waals surface area contributed by atoms with Crippen LogP contribution in [-0.2, 0) is 10.4 Å². The van der Waals surface area contributed by atoms with Crippen molar-refractivity contribution in [3.63, 3.8) is 0 Å². The van der Waals surface area contributed by atoms with Crippen LogP contribution in [0.1, 0.15) is 71.1 Å². The third-order valence-electron chi connectivity index (χ3n) is 3.15. The Balaban J connectivity index is -0.000000316. The van der Waals surface area contributed by atoms with E-state index in [-0.39, 0.29) is 29.6 Å². The molecule has 0 aliphatic heterocycles. The van der Waals surface area contributed by atoms with Gasteiger partial charge in [0.05, 0.1) is 0 Å². The molecule has 0 aliphatic carbocycles. The first-order valence-corrected chi connectivity index (χ1v) is 10.6. The summed E-state index contributed by atoms with van der Waals surface area (Å²) in [5, 5.41) is 1.24. The molecule has 0 spiro atoms. The van der Waals surface area contributed by atoms with Crippen LogP contribution in [0.4, 0.5) is 0 Å². The van der Waals surface area contributed by atoms with Gasteiger partial charge in [-0.05, 0) is 5.30 Å². The Labute approximate surface area is 179 Å². The van der Waals surface area contributed by atoms with Gasteiger partial charge in [-0.1, -0.05) is 95.0 Å². The van der Waals surface area contributed by atoms with Crippen LogP contribution in [0.5, 0.6) is 0 Å². The van der Waals surface area contributed by atoms with Gasteiger partial charge in [-0.3, -0.25) is 9.11 Å². The molecule has 1 rings (SSSR count). The fraction of sp³-hybridized carbons (Fsp3) is 0.611. The van der Waals surface area contributed by atoms with Crippen molar-refractivity contribution in [1.29, 1.82) is 0 Å². The number of hydrogen-bond donors (Lipinski definition) is 2. The van der Waals surface area contributed by atoms with Gasteiger partial charge in [0, 0.05) is 0 Å². The van der Waals surface area contributed by atoms with Crippen LogP contribution in [0, 0.1) is 6.92 Å². The fourth-order valence-electron chi connectivity index (χ4n) is 1.94. The van der Waals surface area contributed by atoms with Gasteiger partial charge in [0.15, 0.2) is 0 Å². The predicted octanol–water partition coefficient (Wildman–Crippen LogP) is 2.28. The maximum atomic E-state index is 8.74. The van der Waals surface area contributed by atoms with Crippen LogP contribution in [0.15, 0.2) is 30.3 Å². The standard InChI is InChI=1S/C12H25.C6H7P.Na.H2O4S/c1-3-5-7-9-11-12-10-8-6-4-2;7-6-4-2-1-3-5-6;;1-5(2,3)4/h1,3-12H2,2H3;1-5H,7H2;;(H2,1,2,3,4)/q-1;;+1;. The molecule has 0 saturated heterocycles. The topological polar surface area (TPSA) is 74.6 Å². The van der Waals surface area contributed by atoms with Crippen molar-refractivity contribution in [2.75, 3.05) is 0 Å². The average molecular weight is 400 g/mol. The second-order valence-electron chi connectivity index (χ2n) is 5.54. The molecule has 4 nitrogen and oxygen atoms in total. The van der Waals surface area contributed by atoms with E-state index in [1.54, 1.807) is 0 Å². The molecule has 0 heterocycles. The number of benzene rings is 1. The molecule has 25 heavy (non-hydrogen) atoms. The van der Waals surface area contributed by atoms with E-state index in [4.69, 9.17) is 17.5 Å². The molecule has 142 valence electrons. The van der Waals surface area contributed by atoms with Gasteiger partial charge in [0.2, 0.25) is 0 Å². The first kappa shape index (κ1) is 30.3. The maximum absolute atomic E-state index is 8.74. The summed E-state index contributed by atoms with van der Waals surface area (Å²) in [4.78, 5) is 0. The Bertz CT molecular complexity index is 437. The minimum atomic E-state index is -4.67. The summed E-state index contributed by atoms with van der Waals surface area (Å²) in [6.45, 7) is 6.12. The van der Waals surface area contributed by atoms with Crippen LogP contribution in [0.3, 0.4) is 0 Å². The van der Waals surface area contributed by atoms with Crippen molar-refractivity contribution in [2.45, 2.75) is 71.1 Å². The van der Waals surface area contributed by atoms with Crippen molar-refractivity contribution in [3.8, 4) is 0 Å². The molecule has 1 aromatic carbocycles. The second kappa shape index (κ2) is 22.6. The van der Waals surface area contributed by atoms with Gasteiger partial charge >= 0.3 is 40.0 Å². The Morgan fingerprint density at radius 2 is 1.24 bits per heavy atom. The van der Waals surface area contributed by atoms with E-state index < -0.39 is 10.4 Å². The molecule has 7 heteroatoms. The van der Waals surface area contributed by atoms with E-state index in [2.05, 4.69) is 23.1 Å². The molecule has 1 aromatic rings. The number of unbranched alkanes of at least 4 members (excludes halogenated alkanes) is 9. The average Bonchev–Trinajstić information content (AvgIpc) is 2.50. The van der Waals surface area contributed by atoms with Crippen LogP contribution >= 0.6 is 9.24 Å². The maximum Gasteiger partial charge on any atom is 1.00 e. The molecule has 2 N–H and O–H groups in total. The summed E-state index contributed by atoms with van der Waals surface area (Å²) < 4.78 is 31.6. The zero-order valence-corrected chi connectivity index (χ0v) is 19.8. The molecule has 0 bridgehead atoms. The first-order chi connectivity index (χ1) is 11.3. The van der Waals surface area contributed by atoms with E-state index in [9.17, 15) is 0 Å². The third kappa shape index (κ3) is 40.5. The third-order valence-corrected chi connectivity index (χ3v) is 3.54. The van der Waals surface area contributed by atoms with Crippen molar-refractivity contribution < 1.29 is 47.1 Å². The summed E-state index contributed by atoms with van der Waals surface area (Å²) in [5.41, 5.74) is 0. The van der Waals surface area contributed by atoms with Gasteiger partial charge in [-0.2, -0.15) is 14.8 Å². The zero-order valence-electron chi connectivity index (χ0n) is 15.9. The van der Waals surface area contributed by atoms with Crippen LogP contribution in [-0.4, -0.2) is 17.5 Å². The molecular formula is C18H34NaO4PS. The van der Waals surface area contributed by atoms with E-state index in [0.29, 0.717) is 0 Å².